The van der Waals surface area contributed by atoms with Gasteiger partial charge in [-0.15, -0.1) is 0 Å². The maximum absolute atomic E-state index is 6.10. The fourth-order valence-electron chi connectivity index (χ4n) is 5.92. The second kappa shape index (κ2) is 11.1. The number of unbranched alkanes of at least 4 members (excludes halogenated alkanes) is 4. The Morgan fingerprint density at radius 3 is 2.12 bits per heavy atom. The first-order valence-corrected chi connectivity index (χ1v) is 12.1. The topological polar surface area (TPSA) is 29.3 Å². The summed E-state index contributed by atoms with van der Waals surface area (Å²) in [6, 6.07) is 1.56. The zero-order valence-corrected chi connectivity index (χ0v) is 18.4. The SMILES string of the molecule is CCCCCC(CCN)N1C(C(CCCC)CCCC)CCC2C[C@@]21C. The number of hydrogen-bond acceptors (Lipinski definition) is 2. The Labute approximate surface area is 164 Å². The number of fused-ring (bicyclic) bond motifs is 1. The van der Waals surface area contributed by atoms with Gasteiger partial charge in [-0.1, -0.05) is 65.7 Å². The first kappa shape index (κ1) is 22.2. The number of piperidine rings is 1. The summed E-state index contributed by atoms with van der Waals surface area (Å²) in [7, 11) is 0. The van der Waals surface area contributed by atoms with Crippen LogP contribution in [-0.4, -0.2) is 29.1 Å². The molecule has 2 heteroatoms. The van der Waals surface area contributed by atoms with Crippen molar-refractivity contribution in [1.82, 2.24) is 4.90 Å². The fraction of sp³-hybridized carbons (Fsp3) is 1.00. The van der Waals surface area contributed by atoms with Crippen LogP contribution in [0.4, 0.5) is 0 Å². The van der Waals surface area contributed by atoms with Gasteiger partial charge in [0, 0.05) is 17.6 Å². The van der Waals surface area contributed by atoms with Gasteiger partial charge in [-0.2, -0.15) is 0 Å². The lowest BCUT2D eigenvalue weighted by atomic mass is 9.80. The molecule has 4 atom stereocenters. The molecule has 0 aromatic rings. The summed E-state index contributed by atoms with van der Waals surface area (Å²) in [6.07, 6.45) is 19.5. The van der Waals surface area contributed by atoms with Crippen LogP contribution in [0.3, 0.4) is 0 Å². The number of rotatable bonds is 14. The second-order valence-corrected chi connectivity index (χ2v) is 9.58. The van der Waals surface area contributed by atoms with Crippen LogP contribution in [0.25, 0.3) is 0 Å². The predicted molar refractivity (Wildman–Crippen MR) is 116 cm³/mol. The molecule has 0 amide bonds. The lowest BCUT2D eigenvalue weighted by molar-refractivity contribution is -0.00819. The molecule has 1 aliphatic heterocycles. The highest BCUT2D eigenvalue weighted by Gasteiger charge is 2.60. The van der Waals surface area contributed by atoms with Gasteiger partial charge in [0.25, 0.3) is 0 Å². The quantitative estimate of drug-likeness (QED) is 0.355. The third-order valence-corrected chi connectivity index (χ3v) is 7.57. The van der Waals surface area contributed by atoms with Gasteiger partial charge >= 0.3 is 0 Å². The van der Waals surface area contributed by atoms with Gasteiger partial charge in [-0.3, -0.25) is 4.90 Å². The van der Waals surface area contributed by atoms with Crippen molar-refractivity contribution in [1.29, 1.82) is 0 Å². The molecule has 0 aromatic heterocycles. The third kappa shape index (κ3) is 5.47. The molecule has 2 aliphatic rings. The molecule has 2 fully saturated rings. The average molecular weight is 365 g/mol. The molecule has 1 saturated carbocycles. The van der Waals surface area contributed by atoms with E-state index in [0.717, 1.165) is 30.5 Å². The summed E-state index contributed by atoms with van der Waals surface area (Å²) >= 11 is 0. The lowest BCUT2D eigenvalue weighted by Gasteiger charge is -2.49. The average Bonchev–Trinajstić information content (AvgIpc) is 3.32. The summed E-state index contributed by atoms with van der Waals surface area (Å²) in [5, 5.41) is 0. The molecule has 1 aliphatic carbocycles. The van der Waals surface area contributed by atoms with E-state index in [1.54, 1.807) is 0 Å². The highest BCUT2D eigenvalue weighted by molar-refractivity contribution is 5.15. The van der Waals surface area contributed by atoms with Gasteiger partial charge in [0.15, 0.2) is 0 Å². The number of nitrogens with zero attached hydrogens (tertiary/aromatic N) is 1. The predicted octanol–water partition coefficient (Wildman–Crippen LogP) is 6.52. The minimum atomic E-state index is 0.506. The molecule has 2 rings (SSSR count). The van der Waals surface area contributed by atoms with E-state index in [1.165, 1.54) is 89.9 Å². The van der Waals surface area contributed by atoms with Crippen molar-refractivity contribution >= 4 is 0 Å². The van der Waals surface area contributed by atoms with Crippen LogP contribution >= 0.6 is 0 Å². The van der Waals surface area contributed by atoms with Crippen molar-refractivity contribution in [3.8, 4) is 0 Å². The van der Waals surface area contributed by atoms with Gasteiger partial charge in [0.2, 0.25) is 0 Å². The molecule has 26 heavy (non-hydrogen) atoms. The van der Waals surface area contributed by atoms with Gasteiger partial charge < -0.3 is 5.73 Å². The molecule has 0 bridgehead atoms. The van der Waals surface area contributed by atoms with E-state index in [4.69, 9.17) is 5.73 Å². The molecule has 154 valence electrons. The lowest BCUT2D eigenvalue weighted by Crippen LogP contribution is -2.56. The van der Waals surface area contributed by atoms with Crippen LogP contribution in [0.2, 0.25) is 0 Å². The third-order valence-electron chi connectivity index (χ3n) is 7.57. The monoisotopic (exact) mass is 364 g/mol. The van der Waals surface area contributed by atoms with Crippen LogP contribution in [-0.2, 0) is 0 Å². The second-order valence-electron chi connectivity index (χ2n) is 9.58. The Bertz CT molecular complexity index is 374. The number of likely N-dealkylation sites (tertiary alicyclic amines) is 1. The van der Waals surface area contributed by atoms with Crippen LogP contribution in [0.1, 0.15) is 118 Å². The van der Waals surface area contributed by atoms with Crippen LogP contribution < -0.4 is 5.73 Å². The molecule has 0 spiro atoms. The maximum atomic E-state index is 6.10. The molecule has 2 nitrogen and oxygen atoms in total. The molecule has 0 aromatic carbocycles. The van der Waals surface area contributed by atoms with Crippen LogP contribution in [0.5, 0.6) is 0 Å². The van der Waals surface area contributed by atoms with E-state index in [2.05, 4.69) is 32.6 Å². The summed E-state index contributed by atoms with van der Waals surface area (Å²) in [4.78, 5) is 3.07. The summed E-state index contributed by atoms with van der Waals surface area (Å²) < 4.78 is 0. The van der Waals surface area contributed by atoms with Gasteiger partial charge in [-0.05, 0) is 70.3 Å². The molecule has 0 radical (unpaired) electrons. The van der Waals surface area contributed by atoms with Crippen molar-refractivity contribution < 1.29 is 0 Å². The maximum Gasteiger partial charge on any atom is 0.0219 e. The molecule has 1 saturated heterocycles. The fourth-order valence-corrected chi connectivity index (χ4v) is 5.92. The van der Waals surface area contributed by atoms with Crippen molar-refractivity contribution in [2.75, 3.05) is 6.54 Å². The largest absolute Gasteiger partial charge is 0.330 e. The summed E-state index contributed by atoms with van der Waals surface area (Å²) in [6.45, 7) is 10.5. The van der Waals surface area contributed by atoms with E-state index in [1.807, 2.05) is 0 Å². The minimum absolute atomic E-state index is 0.506. The van der Waals surface area contributed by atoms with Crippen molar-refractivity contribution in [2.45, 2.75) is 135 Å². The van der Waals surface area contributed by atoms with Crippen LogP contribution in [0.15, 0.2) is 0 Å². The van der Waals surface area contributed by atoms with E-state index < -0.39 is 0 Å². The molecular formula is C24H48N2. The Morgan fingerprint density at radius 2 is 1.54 bits per heavy atom. The van der Waals surface area contributed by atoms with E-state index in [-0.39, 0.29) is 0 Å². The van der Waals surface area contributed by atoms with E-state index >= 15 is 0 Å². The zero-order valence-electron chi connectivity index (χ0n) is 18.4. The summed E-state index contributed by atoms with van der Waals surface area (Å²) in [5.74, 6) is 1.89. The number of nitrogens with two attached hydrogens (primary N) is 1. The van der Waals surface area contributed by atoms with Crippen molar-refractivity contribution in [2.24, 2.45) is 17.6 Å². The van der Waals surface area contributed by atoms with Gasteiger partial charge in [0.05, 0.1) is 0 Å². The van der Waals surface area contributed by atoms with Crippen molar-refractivity contribution in [3.63, 3.8) is 0 Å². The normalized spacial score (nSPS) is 29.8. The Balaban J connectivity index is 2.16. The van der Waals surface area contributed by atoms with E-state index in [0.29, 0.717) is 5.54 Å². The Kier molecular flexibility index (Phi) is 9.44. The molecule has 1 heterocycles. The smallest absolute Gasteiger partial charge is 0.0219 e. The van der Waals surface area contributed by atoms with E-state index in [9.17, 15) is 0 Å². The standard InChI is InChI=1S/C24H48N2/c1-5-8-11-14-22(17-18-25)26-23(16-15-21-19-24(21,26)4)20(12-9-6-2)13-10-7-3/h20-23H,5-19,25H2,1-4H3/t21?,22?,23?,24-/m0/s1. The first-order valence-electron chi connectivity index (χ1n) is 12.1. The highest BCUT2D eigenvalue weighted by atomic mass is 15.3. The molecule has 2 N–H and O–H groups in total. The Morgan fingerprint density at radius 1 is 0.885 bits per heavy atom. The number of hydrogen-bond donors (Lipinski definition) is 1. The van der Waals surface area contributed by atoms with Crippen LogP contribution in [0, 0.1) is 11.8 Å². The van der Waals surface area contributed by atoms with Gasteiger partial charge in [0.1, 0.15) is 0 Å². The minimum Gasteiger partial charge on any atom is -0.330 e. The summed E-state index contributed by atoms with van der Waals surface area (Å²) in [5.41, 5.74) is 6.60. The molecule has 3 unspecified atom stereocenters. The Hall–Kier alpha value is -0.0800. The highest BCUT2D eigenvalue weighted by Crippen LogP contribution is 2.58. The zero-order chi connectivity index (χ0) is 19.0. The van der Waals surface area contributed by atoms with Crippen molar-refractivity contribution in [3.05, 3.63) is 0 Å². The van der Waals surface area contributed by atoms with Gasteiger partial charge in [-0.25, -0.2) is 0 Å². The molecular weight excluding hydrogens is 316 g/mol. The first-order chi connectivity index (χ1) is 12.6.